The first kappa shape index (κ1) is 23.0. The number of amides is 1. The van der Waals surface area contributed by atoms with Crippen molar-refractivity contribution in [2.75, 3.05) is 21.3 Å². The first-order valence-electron chi connectivity index (χ1n) is 9.65. The van der Waals surface area contributed by atoms with Gasteiger partial charge < -0.3 is 18.9 Å². The van der Waals surface area contributed by atoms with E-state index < -0.39 is 5.91 Å². The molecule has 0 radical (unpaired) electrons. The molecule has 0 saturated carbocycles. The number of nitrogens with zero attached hydrogens (tertiary/aromatic N) is 1. The van der Waals surface area contributed by atoms with E-state index in [0.717, 1.165) is 5.56 Å². The van der Waals surface area contributed by atoms with Crippen molar-refractivity contribution < 1.29 is 23.7 Å². The zero-order valence-electron chi connectivity index (χ0n) is 17.9. The number of nitrogens with one attached hydrogen (secondary N) is 1. The van der Waals surface area contributed by atoms with Crippen LogP contribution in [0.2, 0.25) is 5.02 Å². The summed E-state index contributed by atoms with van der Waals surface area (Å²) < 4.78 is 21.8. The fraction of sp³-hybridized carbons (Fsp3) is 0.167. The molecular weight excluding hydrogens is 432 g/mol. The van der Waals surface area contributed by atoms with Crippen molar-refractivity contribution in [2.24, 2.45) is 5.10 Å². The minimum absolute atomic E-state index is 0.302. The van der Waals surface area contributed by atoms with Gasteiger partial charge in [0.15, 0.2) is 11.5 Å². The Labute approximate surface area is 191 Å². The van der Waals surface area contributed by atoms with Gasteiger partial charge >= 0.3 is 0 Å². The van der Waals surface area contributed by atoms with Crippen LogP contribution < -0.4 is 24.4 Å². The quantitative estimate of drug-likeness (QED) is 0.374. The van der Waals surface area contributed by atoms with Crippen LogP contribution in [0.3, 0.4) is 0 Å². The number of halogens is 1. The molecule has 166 valence electrons. The molecule has 1 amide bonds. The van der Waals surface area contributed by atoms with Crippen LogP contribution in [0.5, 0.6) is 23.0 Å². The minimum Gasteiger partial charge on any atom is -0.493 e. The molecule has 0 aliphatic rings. The highest BCUT2D eigenvalue weighted by atomic mass is 35.5. The highest BCUT2D eigenvalue weighted by molar-refractivity contribution is 6.30. The molecule has 1 N–H and O–H groups in total. The van der Waals surface area contributed by atoms with Gasteiger partial charge in [-0.15, -0.1) is 0 Å². The van der Waals surface area contributed by atoms with Gasteiger partial charge in [0.2, 0.25) is 5.75 Å². The van der Waals surface area contributed by atoms with Crippen LogP contribution in [0.1, 0.15) is 21.5 Å². The predicted molar refractivity (Wildman–Crippen MR) is 123 cm³/mol. The third-order valence-corrected chi connectivity index (χ3v) is 4.76. The van der Waals surface area contributed by atoms with E-state index in [2.05, 4.69) is 10.5 Å². The van der Waals surface area contributed by atoms with E-state index in [1.165, 1.54) is 27.5 Å². The minimum atomic E-state index is -0.402. The third-order valence-electron chi connectivity index (χ3n) is 4.51. The summed E-state index contributed by atoms with van der Waals surface area (Å²) in [7, 11) is 4.59. The van der Waals surface area contributed by atoms with E-state index in [0.29, 0.717) is 45.8 Å². The molecule has 0 fully saturated rings. The molecule has 0 bridgehead atoms. The molecule has 0 heterocycles. The van der Waals surface area contributed by atoms with Crippen LogP contribution in [0, 0.1) is 0 Å². The molecule has 0 aliphatic heterocycles. The van der Waals surface area contributed by atoms with Crippen LogP contribution >= 0.6 is 11.6 Å². The highest BCUT2D eigenvalue weighted by Crippen LogP contribution is 2.37. The first-order valence-corrected chi connectivity index (χ1v) is 10.0. The normalized spacial score (nSPS) is 10.6. The number of carbonyl (C=O) groups excluding carboxylic acids is 1. The second-order valence-corrected chi connectivity index (χ2v) is 7.01. The van der Waals surface area contributed by atoms with Crippen LogP contribution in [-0.4, -0.2) is 33.5 Å². The van der Waals surface area contributed by atoms with Gasteiger partial charge in [-0.3, -0.25) is 4.79 Å². The topological polar surface area (TPSA) is 78.4 Å². The predicted octanol–water partition coefficient (Wildman–Crippen LogP) is 4.71. The van der Waals surface area contributed by atoms with Gasteiger partial charge in [0.25, 0.3) is 5.91 Å². The average Bonchev–Trinajstić information content (AvgIpc) is 2.83. The van der Waals surface area contributed by atoms with E-state index in [1.807, 2.05) is 12.1 Å². The van der Waals surface area contributed by atoms with Crippen LogP contribution in [0.4, 0.5) is 0 Å². The number of hydrazone groups is 1. The zero-order chi connectivity index (χ0) is 22.9. The lowest BCUT2D eigenvalue weighted by atomic mass is 10.2. The Morgan fingerprint density at radius 1 is 0.938 bits per heavy atom. The molecule has 8 heteroatoms. The Bertz CT molecular complexity index is 1070. The molecule has 0 spiro atoms. The smallest absolute Gasteiger partial charge is 0.275 e. The fourth-order valence-corrected chi connectivity index (χ4v) is 3.05. The maximum absolute atomic E-state index is 12.7. The van der Waals surface area contributed by atoms with E-state index in [-0.39, 0.29) is 0 Å². The summed E-state index contributed by atoms with van der Waals surface area (Å²) in [4.78, 5) is 12.7. The first-order chi connectivity index (χ1) is 15.5. The van der Waals surface area contributed by atoms with Crippen molar-refractivity contribution in [3.8, 4) is 23.0 Å². The molecule has 0 atom stereocenters. The van der Waals surface area contributed by atoms with Crippen molar-refractivity contribution in [1.82, 2.24) is 5.43 Å². The number of ether oxygens (including phenoxy) is 4. The second kappa shape index (κ2) is 11.1. The van der Waals surface area contributed by atoms with Crippen molar-refractivity contribution in [3.63, 3.8) is 0 Å². The molecule has 3 rings (SSSR count). The fourth-order valence-electron chi connectivity index (χ4n) is 2.92. The van der Waals surface area contributed by atoms with Crippen LogP contribution in [0.15, 0.2) is 65.8 Å². The van der Waals surface area contributed by atoms with Gasteiger partial charge in [0.05, 0.1) is 33.1 Å². The Balaban J connectivity index is 1.70. The summed E-state index contributed by atoms with van der Waals surface area (Å²) >= 11 is 5.91. The number of benzene rings is 3. The molecule has 3 aromatic carbocycles. The standard InChI is InChI=1S/C24H23ClN2O5/c1-29-21-12-17(13-22(30-2)23(21)31-3)14-26-27-24(28)19-6-4-5-7-20(19)32-15-16-8-10-18(25)11-9-16/h4-14H,15H2,1-3H3,(H,27,28). The molecule has 0 aliphatic carbocycles. The van der Waals surface area contributed by atoms with Gasteiger partial charge in [0.1, 0.15) is 12.4 Å². The van der Waals surface area contributed by atoms with Gasteiger partial charge in [-0.25, -0.2) is 5.43 Å². The van der Waals surface area contributed by atoms with Crippen LogP contribution in [0.25, 0.3) is 0 Å². The summed E-state index contributed by atoms with van der Waals surface area (Å²) in [5, 5.41) is 4.70. The Kier molecular flexibility index (Phi) is 7.94. The Morgan fingerprint density at radius 2 is 1.59 bits per heavy atom. The second-order valence-electron chi connectivity index (χ2n) is 6.57. The van der Waals surface area contributed by atoms with E-state index >= 15 is 0 Å². The van der Waals surface area contributed by atoms with E-state index in [4.69, 9.17) is 30.5 Å². The van der Waals surface area contributed by atoms with E-state index in [1.54, 1.807) is 48.5 Å². The Morgan fingerprint density at radius 3 is 2.22 bits per heavy atom. The highest BCUT2D eigenvalue weighted by Gasteiger charge is 2.14. The lowest BCUT2D eigenvalue weighted by molar-refractivity contribution is 0.0950. The lowest BCUT2D eigenvalue weighted by Gasteiger charge is -2.12. The summed E-state index contributed by atoms with van der Waals surface area (Å²) in [5.74, 6) is 1.49. The van der Waals surface area contributed by atoms with Gasteiger partial charge in [-0.2, -0.15) is 5.10 Å². The van der Waals surface area contributed by atoms with Gasteiger partial charge in [-0.1, -0.05) is 35.9 Å². The number of carbonyl (C=O) groups is 1. The summed E-state index contributed by atoms with van der Waals surface area (Å²) in [6, 6.07) is 17.7. The number of methoxy groups -OCH3 is 3. The number of rotatable bonds is 9. The number of hydrogen-bond donors (Lipinski definition) is 1. The molecule has 3 aromatic rings. The van der Waals surface area contributed by atoms with E-state index in [9.17, 15) is 4.79 Å². The van der Waals surface area contributed by atoms with Crippen molar-refractivity contribution in [2.45, 2.75) is 6.61 Å². The molecule has 0 unspecified atom stereocenters. The Hall–Kier alpha value is -3.71. The molecule has 0 saturated heterocycles. The van der Waals surface area contributed by atoms with Crippen molar-refractivity contribution >= 4 is 23.7 Å². The average molecular weight is 455 g/mol. The molecule has 0 aromatic heterocycles. The monoisotopic (exact) mass is 454 g/mol. The number of para-hydroxylation sites is 1. The molecular formula is C24H23ClN2O5. The van der Waals surface area contributed by atoms with Crippen molar-refractivity contribution in [3.05, 3.63) is 82.4 Å². The zero-order valence-corrected chi connectivity index (χ0v) is 18.7. The largest absolute Gasteiger partial charge is 0.493 e. The van der Waals surface area contributed by atoms with Crippen molar-refractivity contribution in [1.29, 1.82) is 0 Å². The summed E-state index contributed by atoms with van der Waals surface area (Å²) in [5.41, 5.74) is 4.48. The summed E-state index contributed by atoms with van der Waals surface area (Å²) in [6.45, 7) is 0.302. The SMILES string of the molecule is COc1cc(C=NNC(=O)c2ccccc2OCc2ccc(Cl)cc2)cc(OC)c1OC. The maximum Gasteiger partial charge on any atom is 0.275 e. The molecule has 7 nitrogen and oxygen atoms in total. The number of hydrogen-bond acceptors (Lipinski definition) is 6. The maximum atomic E-state index is 12.7. The van der Waals surface area contributed by atoms with Gasteiger partial charge in [0, 0.05) is 10.6 Å². The molecule has 32 heavy (non-hydrogen) atoms. The third kappa shape index (κ3) is 5.70. The summed E-state index contributed by atoms with van der Waals surface area (Å²) in [6.07, 6.45) is 1.49. The van der Waals surface area contributed by atoms with Crippen LogP contribution in [-0.2, 0) is 6.61 Å². The lowest BCUT2D eigenvalue weighted by Crippen LogP contribution is -2.18. The van der Waals surface area contributed by atoms with Gasteiger partial charge in [-0.05, 0) is 42.0 Å².